The van der Waals surface area contributed by atoms with Crippen LogP contribution in [0, 0.1) is 0 Å². The van der Waals surface area contributed by atoms with Crippen LogP contribution in [0.25, 0.3) is 0 Å². The van der Waals surface area contributed by atoms with E-state index in [1.807, 2.05) is 12.1 Å². The Morgan fingerprint density at radius 1 is 1.57 bits per heavy atom. The highest BCUT2D eigenvalue weighted by Gasteiger charge is 2.17. The Morgan fingerprint density at radius 2 is 2.43 bits per heavy atom. The molecule has 0 saturated heterocycles. The van der Waals surface area contributed by atoms with Gasteiger partial charge in [-0.15, -0.1) is 0 Å². The summed E-state index contributed by atoms with van der Waals surface area (Å²) < 4.78 is 10.5. The molecule has 0 aromatic heterocycles. The molecule has 1 aromatic carbocycles. The molecule has 1 amide bonds. The number of hydrogen-bond acceptors (Lipinski definition) is 3. The molecule has 0 atom stereocenters. The molecule has 0 N–H and O–H groups in total. The molecule has 1 aliphatic rings. The first-order valence-corrected chi connectivity index (χ1v) is 4.38. The van der Waals surface area contributed by atoms with Crippen LogP contribution in [0.3, 0.4) is 0 Å². The van der Waals surface area contributed by atoms with Crippen LogP contribution in [0.5, 0.6) is 11.5 Å². The molecule has 1 heterocycles. The molecular formula is C10H11NO3. The highest BCUT2D eigenvalue weighted by atomic mass is 16.5. The summed E-state index contributed by atoms with van der Waals surface area (Å²) in [6.45, 7) is 1.13. The van der Waals surface area contributed by atoms with Crippen LogP contribution in [0.2, 0.25) is 0 Å². The van der Waals surface area contributed by atoms with Crippen LogP contribution >= 0.6 is 0 Å². The number of methoxy groups -OCH3 is 1. The lowest BCUT2D eigenvalue weighted by molar-refractivity contribution is -0.107. The Bertz CT molecular complexity index is 351. The first kappa shape index (κ1) is 8.87. The van der Waals surface area contributed by atoms with Crippen molar-refractivity contribution < 1.29 is 14.3 Å². The van der Waals surface area contributed by atoms with Crippen molar-refractivity contribution in [1.29, 1.82) is 0 Å². The van der Waals surface area contributed by atoms with Crippen molar-refractivity contribution in [3.8, 4) is 11.5 Å². The molecule has 74 valence electrons. The molecule has 0 saturated carbocycles. The number of ether oxygens (including phenoxy) is 2. The minimum absolute atomic E-state index is 0.527. The Balaban J connectivity index is 2.40. The summed E-state index contributed by atoms with van der Waals surface area (Å²) in [5, 5.41) is 0. The van der Waals surface area contributed by atoms with Crippen molar-refractivity contribution >= 4 is 12.1 Å². The van der Waals surface area contributed by atoms with Gasteiger partial charge in [0.15, 0.2) is 0 Å². The zero-order chi connectivity index (χ0) is 9.97. The highest BCUT2D eigenvalue weighted by molar-refractivity contribution is 5.80. The summed E-state index contributed by atoms with van der Waals surface area (Å²) in [4.78, 5) is 12.3. The third-order valence-corrected chi connectivity index (χ3v) is 2.19. The predicted octanol–water partition coefficient (Wildman–Crippen LogP) is 1.05. The molecule has 0 spiro atoms. The summed E-state index contributed by atoms with van der Waals surface area (Å²) in [6.07, 6.45) is 0.813. The van der Waals surface area contributed by atoms with Gasteiger partial charge in [-0.25, -0.2) is 0 Å². The molecule has 0 aliphatic carbocycles. The summed E-state index contributed by atoms with van der Waals surface area (Å²) in [7, 11) is 1.60. The van der Waals surface area contributed by atoms with E-state index in [2.05, 4.69) is 0 Å². The predicted molar refractivity (Wildman–Crippen MR) is 51.9 cm³/mol. The molecule has 1 aliphatic heterocycles. The average Bonchev–Trinajstić information content (AvgIpc) is 2.27. The summed E-state index contributed by atoms with van der Waals surface area (Å²) in [6, 6.07) is 5.41. The van der Waals surface area contributed by atoms with Gasteiger partial charge in [-0.3, -0.25) is 4.79 Å². The van der Waals surface area contributed by atoms with Crippen molar-refractivity contribution in [2.45, 2.75) is 0 Å². The van der Waals surface area contributed by atoms with Crippen LogP contribution in [0.15, 0.2) is 18.2 Å². The molecule has 4 heteroatoms. The van der Waals surface area contributed by atoms with E-state index < -0.39 is 0 Å². The summed E-state index contributed by atoms with van der Waals surface area (Å²) in [5.74, 6) is 1.43. The van der Waals surface area contributed by atoms with Crippen LogP contribution in [0.1, 0.15) is 0 Å². The summed E-state index contributed by atoms with van der Waals surface area (Å²) >= 11 is 0. The maximum absolute atomic E-state index is 10.7. The number of rotatable bonds is 2. The molecule has 0 unspecified atom stereocenters. The topological polar surface area (TPSA) is 38.8 Å². The van der Waals surface area contributed by atoms with Crippen molar-refractivity contribution in [3.63, 3.8) is 0 Å². The first-order valence-electron chi connectivity index (χ1n) is 4.38. The van der Waals surface area contributed by atoms with E-state index in [1.165, 1.54) is 0 Å². The molecule has 4 nitrogen and oxygen atoms in total. The quantitative estimate of drug-likeness (QED) is 0.659. The van der Waals surface area contributed by atoms with E-state index in [-0.39, 0.29) is 0 Å². The smallest absolute Gasteiger partial charge is 0.214 e. The second kappa shape index (κ2) is 3.57. The monoisotopic (exact) mass is 193 g/mol. The van der Waals surface area contributed by atoms with Gasteiger partial charge < -0.3 is 14.4 Å². The van der Waals surface area contributed by atoms with Gasteiger partial charge in [-0.2, -0.15) is 0 Å². The molecule has 0 bridgehead atoms. The van der Waals surface area contributed by atoms with E-state index in [1.54, 1.807) is 18.1 Å². The first-order chi connectivity index (χ1) is 6.85. The lowest BCUT2D eigenvalue weighted by atomic mass is 10.2. The van der Waals surface area contributed by atoms with Crippen LogP contribution in [-0.2, 0) is 4.79 Å². The number of amides is 1. The van der Waals surface area contributed by atoms with Gasteiger partial charge >= 0.3 is 0 Å². The molecule has 0 fully saturated rings. The number of hydrogen-bond donors (Lipinski definition) is 0. The number of carbonyl (C=O) groups is 1. The van der Waals surface area contributed by atoms with Gasteiger partial charge in [0.1, 0.15) is 18.1 Å². The van der Waals surface area contributed by atoms with E-state index in [9.17, 15) is 4.79 Å². The molecule has 2 rings (SSSR count). The Labute approximate surface area is 82.0 Å². The van der Waals surface area contributed by atoms with Gasteiger partial charge in [0, 0.05) is 6.07 Å². The maximum atomic E-state index is 10.7. The van der Waals surface area contributed by atoms with E-state index in [0.717, 1.165) is 17.8 Å². The standard InChI is InChI=1S/C10H11NO3/c1-13-8-2-3-9-10(6-8)14-5-4-11(9)7-12/h2-3,6-7H,4-5H2,1H3. The minimum Gasteiger partial charge on any atom is -0.497 e. The average molecular weight is 193 g/mol. The number of anilines is 1. The highest BCUT2D eigenvalue weighted by Crippen LogP contribution is 2.33. The lowest BCUT2D eigenvalue weighted by Crippen LogP contribution is -2.31. The third-order valence-electron chi connectivity index (χ3n) is 2.19. The van der Waals surface area contributed by atoms with Crippen molar-refractivity contribution in [3.05, 3.63) is 18.2 Å². The van der Waals surface area contributed by atoms with E-state index in [4.69, 9.17) is 9.47 Å². The zero-order valence-electron chi connectivity index (χ0n) is 7.90. The Morgan fingerprint density at radius 3 is 3.14 bits per heavy atom. The van der Waals surface area contributed by atoms with Gasteiger partial charge in [-0.05, 0) is 12.1 Å². The second-order valence-electron chi connectivity index (χ2n) is 2.98. The number of carbonyl (C=O) groups excluding carboxylic acids is 1. The fraction of sp³-hybridized carbons (Fsp3) is 0.300. The fourth-order valence-corrected chi connectivity index (χ4v) is 1.46. The van der Waals surface area contributed by atoms with Gasteiger partial charge in [-0.1, -0.05) is 0 Å². The lowest BCUT2D eigenvalue weighted by Gasteiger charge is -2.26. The van der Waals surface area contributed by atoms with Crippen molar-refractivity contribution in [2.24, 2.45) is 0 Å². The fourth-order valence-electron chi connectivity index (χ4n) is 1.46. The Kier molecular flexibility index (Phi) is 2.26. The third kappa shape index (κ3) is 1.39. The SMILES string of the molecule is COc1ccc2c(c1)OCCN2C=O. The Hall–Kier alpha value is -1.71. The summed E-state index contributed by atoms with van der Waals surface area (Å²) in [5.41, 5.74) is 0.798. The maximum Gasteiger partial charge on any atom is 0.214 e. The molecule has 1 aromatic rings. The largest absolute Gasteiger partial charge is 0.497 e. The second-order valence-corrected chi connectivity index (χ2v) is 2.98. The van der Waals surface area contributed by atoms with Crippen LogP contribution < -0.4 is 14.4 Å². The van der Waals surface area contributed by atoms with Crippen molar-refractivity contribution in [1.82, 2.24) is 0 Å². The van der Waals surface area contributed by atoms with E-state index >= 15 is 0 Å². The molecule has 14 heavy (non-hydrogen) atoms. The van der Waals surface area contributed by atoms with Gasteiger partial charge in [0.05, 0.1) is 19.3 Å². The molecule has 0 radical (unpaired) electrons. The number of nitrogens with zero attached hydrogens (tertiary/aromatic N) is 1. The van der Waals surface area contributed by atoms with Crippen LogP contribution in [-0.4, -0.2) is 26.7 Å². The number of benzene rings is 1. The molecular weight excluding hydrogens is 182 g/mol. The minimum atomic E-state index is 0.527. The van der Waals surface area contributed by atoms with Gasteiger partial charge in [0.25, 0.3) is 0 Å². The zero-order valence-corrected chi connectivity index (χ0v) is 7.90. The number of fused-ring (bicyclic) bond motifs is 1. The van der Waals surface area contributed by atoms with E-state index in [0.29, 0.717) is 18.9 Å². The van der Waals surface area contributed by atoms with Gasteiger partial charge in [0.2, 0.25) is 6.41 Å². The van der Waals surface area contributed by atoms with Crippen LogP contribution in [0.4, 0.5) is 5.69 Å². The normalized spacial score (nSPS) is 14.2. The van der Waals surface area contributed by atoms with Crippen molar-refractivity contribution in [2.75, 3.05) is 25.2 Å².